The minimum Gasteiger partial charge on any atom is -0.494 e. The van der Waals surface area contributed by atoms with Crippen LogP contribution in [0.5, 0.6) is 17.2 Å². The zero-order valence-corrected chi connectivity index (χ0v) is 42.1. The van der Waals surface area contributed by atoms with Crippen LogP contribution in [0.3, 0.4) is 0 Å². The average Bonchev–Trinajstić information content (AvgIpc) is 3.74. The van der Waals surface area contributed by atoms with Crippen molar-refractivity contribution in [1.82, 2.24) is 4.98 Å². The molecule has 9 nitrogen and oxygen atoms in total. The molecule has 0 aliphatic carbocycles. The minimum absolute atomic E-state index is 0.140. The van der Waals surface area contributed by atoms with Gasteiger partial charge in [0.05, 0.1) is 46.3 Å². The van der Waals surface area contributed by atoms with Crippen molar-refractivity contribution in [2.45, 2.75) is 84.5 Å². The van der Waals surface area contributed by atoms with Crippen LogP contribution in [-0.2, 0) is 9.47 Å². The molecule has 354 valence electrons. The van der Waals surface area contributed by atoms with Crippen molar-refractivity contribution in [3.8, 4) is 39.5 Å². The lowest BCUT2D eigenvalue weighted by Crippen LogP contribution is -2.18. The van der Waals surface area contributed by atoms with Crippen LogP contribution in [0.15, 0.2) is 143 Å². The summed E-state index contributed by atoms with van der Waals surface area (Å²) in [7, 11) is 0. The Balaban J connectivity index is 0.954. The van der Waals surface area contributed by atoms with E-state index < -0.39 is 5.97 Å². The van der Waals surface area contributed by atoms with Gasteiger partial charge in [-0.2, -0.15) is 5.10 Å². The maximum atomic E-state index is 13.3. The second kappa shape index (κ2) is 22.1. The van der Waals surface area contributed by atoms with Gasteiger partial charge in [-0.05, 0) is 142 Å². The standard InChI is InChI=1S/C58H58BrN3O6S/c1-5-7-8-9-10-13-33-62(57-61-54-50-16-12-11-15-39(50)24-32-52(54)69-57)60-38-45-37-43(21-29-48(45)40-17-25-46(26-18-40)64-6-2)42-22-30-49-44(36-42)23-31-51(53(49)59)67-55(63)41-19-27-47(28-20-41)65-34-14-35-66-56-58(3,4)68-56/h11-12,15-32,36-38,56H,5-10,13-14,33-35H2,1-4H3/b60-38+. The molecule has 1 fully saturated rings. The Morgan fingerprint density at radius 3 is 2.26 bits per heavy atom. The summed E-state index contributed by atoms with van der Waals surface area (Å²) < 4.78 is 30.6. The summed E-state index contributed by atoms with van der Waals surface area (Å²) in [4.78, 5) is 18.5. The molecule has 2 heterocycles. The smallest absolute Gasteiger partial charge is 0.343 e. The summed E-state index contributed by atoms with van der Waals surface area (Å²) in [5.41, 5.74) is 6.45. The molecular weight excluding hydrogens is 947 g/mol. The first-order valence-electron chi connectivity index (χ1n) is 24.1. The first-order chi connectivity index (χ1) is 33.7. The van der Waals surface area contributed by atoms with Gasteiger partial charge < -0.3 is 23.7 Å². The van der Waals surface area contributed by atoms with E-state index in [1.807, 2.05) is 51.3 Å². The molecule has 1 saturated heterocycles. The molecule has 0 spiro atoms. The molecule has 0 saturated carbocycles. The highest BCUT2D eigenvalue weighted by Gasteiger charge is 2.49. The normalized spacial score (nSPS) is 14.2. The first-order valence-corrected chi connectivity index (χ1v) is 25.7. The van der Waals surface area contributed by atoms with Gasteiger partial charge in [-0.25, -0.2) is 14.8 Å². The predicted molar refractivity (Wildman–Crippen MR) is 286 cm³/mol. The maximum absolute atomic E-state index is 13.3. The molecule has 1 unspecified atom stereocenters. The zero-order chi connectivity index (χ0) is 47.7. The quantitative estimate of drug-likeness (QED) is 0.0165. The third-order valence-electron chi connectivity index (χ3n) is 12.4. The van der Waals surface area contributed by atoms with E-state index in [4.69, 9.17) is 33.8 Å². The number of anilines is 1. The van der Waals surface area contributed by atoms with Crippen LogP contribution in [0.1, 0.15) is 88.6 Å². The third kappa shape index (κ3) is 11.7. The van der Waals surface area contributed by atoms with Crippen molar-refractivity contribution in [2.24, 2.45) is 5.10 Å². The number of thiazole rings is 1. The van der Waals surface area contributed by atoms with E-state index in [-0.39, 0.29) is 11.9 Å². The van der Waals surface area contributed by atoms with E-state index in [0.717, 1.165) is 90.9 Å². The van der Waals surface area contributed by atoms with Gasteiger partial charge in [-0.3, -0.25) is 0 Å². The molecule has 1 aliphatic rings. The Morgan fingerprint density at radius 2 is 1.46 bits per heavy atom. The molecule has 0 amide bonds. The number of hydrazone groups is 1. The average molecular weight is 1010 g/mol. The predicted octanol–water partition coefficient (Wildman–Crippen LogP) is 15.4. The highest BCUT2D eigenvalue weighted by Crippen LogP contribution is 2.39. The second-order valence-electron chi connectivity index (χ2n) is 17.9. The van der Waals surface area contributed by atoms with Crippen LogP contribution in [0.4, 0.5) is 5.13 Å². The number of benzene rings is 7. The molecule has 9 rings (SSSR count). The molecule has 0 bridgehead atoms. The highest BCUT2D eigenvalue weighted by atomic mass is 79.9. The Hall–Kier alpha value is -6.11. The molecule has 7 aromatic carbocycles. The molecular formula is C58H58BrN3O6S. The van der Waals surface area contributed by atoms with E-state index in [9.17, 15) is 4.79 Å². The van der Waals surface area contributed by atoms with Crippen molar-refractivity contribution in [2.75, 3.05) is 31.4 Å². The van der Waals surface area contributed by atoms with E-state index in [1.54, 1.807) is 35.6 Å². The van der Waals surface area contributed by atoms with Crippen molar-refractivity contribution in [3.05, 3.63) is 149 Å². The largest absolute Gasteiger partial charge is 0.494 e. The van der Waals surface area contributed by atoms with Gasteiger partial charge in [0.25, 0.3) is 0 Å². The van der Waals surface area contributed by atoms with E-state index in [1.165, 1.54) is 31.1 Å². The van der Waals surface area contributed by atoms with Crippen LogP contribution in [0.25, 0.3) is 54.0 Å². The summed E-state index contributed by atoms with van der Waals surface area (Å²) in [6, 6.07) is 44.8. The van der Waals surface area contributed by atoms with E-state index in [0.29, 0.717) is 41.4 Å². The van der Waals surface area contributed by atoms with Crippen molar-refractivity contribution < 1.29 is 28.5 Å². The SMILES string of the molecule is CCCCCCCCN(/N=C/c1cc(-c2ccc3c(Br)c(OC(=O)c4ccc(OCCCOC5OC5(C)C)cc4)ccc3c2)ccc1-c1ccc(OCC)cc1)c1nc2c(ccc3ccccc32)s1. The Labute approximate surface area is 417 Å². The molecule has 1 aliphatic heterocycles. The summed E-state index contributed by atoms with van der Waals surface area (Å²) in [6.45, 7) is 10.7. The molecule has 69 heavy (non-hydrogen) atoms. The lowest BCUT2D eigenvalue weighted by molar-refractivity contribution is 0.0433. The number of ether oxygens (including phenoxy) is 5. The van der Waals surface area contributed by atoms with Gasteiger partial charge in [0.15, 0.2) is 6.29 Å². The number of halogens is 1. The fourth-order valence-corrected chi connectivity index (χ4v) is 9.98. The van der Waals surface area contributed by atoms with E-state index in [2.05, 4.69) is 113 Å². The number of fused-ring (bicyclic) bond motifs is 4. The van der Waals surface area contributed by atoms with Gasteiger partial charge in [0, 0.05) is 23.9 Å². The van der Waals surface area contributed by atoms with Crippen LogP contribution in [0.2, 0.25) is 0 Å². The first kappa shape index (κ1) is 47.9. The number of hydrogen-bond acceptors (Lipinski definition) is 10. The number of esters is 1. The fraction of sp³-hybridized carbons (Fsp3) is 0.293. The van der Waals surface area contributed by atoms with Gasteiger partial charge >= 0.3 is 5.97 Å². The Bertz CT molecular complexity index is 3080. The number of unbranched alkanes of at least 4 members (excludes halogenated alkanes) is 5. The number of nitrogens with zero attached hydrogens (tertiary/aromatic N) is 3. The number of hydrogen-bond donors (Lipinski definition) is 0. The third-order valence-corrected chi connectivity index (χ3v) is 14.2. The molecule has 0 radical (unpaired) electrons. The number of aromatic nitrogens is 1. The van der Waals surface area contributed by atoms with Gasteiger partial charge in [0.1, 0.15) is 22.8 Å². The second-order valence-corrected chi connectivity index (χ2v) is 19.7. The lowest BCUT2D eigenvalue weighted by Gasteiger charge is -2.17. The number of carbonyl (C=O) groups excluding carboxylic acids is 1. The topological polar surface area (TPSA) is 95.0 Å². The summed E-state index contributed by atoms with van der Waals surface area (Å²) in [5, 5.41) is 12.5. The van der Waals surface area contributed by atoms with Crippen LogP contribution >= 0.6 is 27.3 Å². The highest BCUT2D eigenvalue weighted by molar-refractivity contribution is 9.10. The molecule has 1 aromatic heterocycles. The fourth-order valence-electron chi connectivity index (χ4n) is 8.44. The zero-order valence-electron chi connectivity index (χ0n) is 39.7. The summed E-state index contributed by atoms with van der Waals surface area (Å²) >= 11 is 5.45. The van der Waals surface area contributed by atoms with Crippen LogP contribution in [0, 0.1) is 0 Å². The van der Waals surface area contributed by atoms with Crippen molar-refractivity contribution in [3.63, 3.8) is 0 Å². The lowest BCUT2D eigenvalue weighted by atomic mass is 9.94. The number of carbonyl (C=O) groups is 1. The van der Waals surface area contributed by atoms with Gasteiger partial charge in [0.2, 0.25) is 5.13 Å². The van der Waals surface area contributed by atoms with Crippen molar-refractivity contribution in [1.29, 1.82) is 0 Å². The molecule has 0 N–H and O–H groups in total. The summed E-state index contributed by atoms with van der Waals surface area (Å²) in [6.07, 6.45) is 9.72. The Morgan fingerprint density at radius 1 is 0.754 bits per heavy atom. The Kier molecular flexibility index (Phi) is 15.4. The van der Waals surface area contributed by atoms with Gasteiger partial charge in [-0.15, -0.1) is 0 Å². The molecule has 8 aromatic rings. The van der Waals surface area contributed by atoms with E-state index >= 15 is 0 Å². The number of epoxide rings is 1. The van der Waals surface area contributed by atoms with Gasteiger partial charge in [-0.1, -0.05) is 123 Å². The van der Waals surface area contributed by atoms with Crippen molar-refractivity contribution >= 4 is 76.3 Å². The molecule has 11 heteroatoms. The monoisotopic (exact) mass is 1000 g/mol. The minimum atomic E-state index is -0.456. The van der Waals surface area contributed by atoms with Crippen LogP contribution < -0.4 is 19.2 Å². The summed E-state index contributed by atoms with van der Waals surface area (Å²) in [5.74, 6) is 1.49. The maximum Gasteiger partial charge on any atom is 0.343 e. The molecule has 1 atom stereocenters. The van der Waals surface area contributed by atoms with Crippen LogP contribution in [-0.4, -0.2) is 55.4 Å². The number of rotatable bonds is 22.